The molecule has 3 aromatic rings. The molecule has 4 nitrogen and oxygen atoms in total. The minimum Gasteiger partial charge on any atom is -0.494 e. The van der Waals surface area contributed by atoms with Crippen LogP contribution in [-0.4, -0.2) is 22.6 Å². The Morgan fingerprint density at radius 1 is 1.16 bits per heavy atom. The highest BCUT2D eigenvalue weighted by Crippen LogP contribution is 2.52. The van der Waals surface area contributed by atoms with Crippen LogP contribution in [0.2, 0.25) is 0 Å². The summed E-state index contributed by atoms with van der Waals surface area (Å²) in [6, 6.07) is 12.4. The summed E-state index contributed by atoms with van der Waals surface area (Å²) in [5.41, 5.74) is 1.81. The minimum atomic E-state index is -5.00. The van der Waals surface area contributed by atoms with E-state index >= 15 is 0 Å². The van der Waals surface area contributed by atoms with Crippen molar-refractivity contribution in [3.63, 3.8) is 0 Å². The van der Waals surface area contributed by atoms with Gasteiger partial charge < -0.3 is 4.74 Å². The van der Waals surface area contributed by atoms with Gasteiger partial charge in [0.2, 0.25) is 0 Å². The monoisotopic (exact) mass is 478 g/mol. The zero-order valence-electron chi connectivity index (χ0n) is 17.9. The Balaban J connectivity index is 1.96. The molecule has 1 aliphatic heterocycles. The summed E-state index contributed by atoms with van der Waals surface area (Å²) in [4.78, 5) is 14.0. The smallest absolute Gasteiger partial charge is 0.471 e. The molecule has 0 saturated heterocycles. The Hall–Kier alpha value is -2.65. The van der Waals surface area contributed by atoms with Gasteiger partial charge in [0.25, 0.3) is 0 Å². The van der Waals surface area contributed by atoms with E-state index in [1.165, 1.54) is 11.5 Å². The van der Waals surface area contributed by atoms with Gasteiger partial charge in [-0.1, -0.05) is 35.4 Å². The highest BCUT2D eigenvalue weighted by Gasteiger charge is 2.52. The molecule has 1 aliphatic rings. The molecular weight excluding hydrogens is 457 g/mol. The SMILES string of the molecule is CCOc1ccc(-n2sc3c(c2=S)-c2cc(C)ccc2N(C(=O)C(F)(F)F)C3(C)C)cc1. The predicted molar refractivity (Wildman–Crippen MR) is 122 cm³/mol. The first-order valence-electron chi connectivity index (χ1n) is 9.99. The fourth-order valence-corrected chi connectivity index (χ4v) is 5.67. The molecule has 32 heavy (non-hydrogen) atoms. The number of nitrogens with zero attached hydrogens (tertiary/aromatic N) is 2. The number of aromatic nitrogens is 1. The van der Waals surface area contributed by atoms with Crippen LogP contribution in [-0.2, 0) is 10.3 Å². The summed E-state index contributed by atoms with van der Waals surface area (Å²) < 4.78 is 48.4. The Morgan fingerprint density at radius 2 is 1.81 bits per heavy atom. The van der Waals surface area contributed by atoms with Gasteiger partial charge in [-0.15, -0.1) is 0 Å². The van der Waals surface area contributed by atoms with Crippen LogP contribution in [0.5, 0.6) is 5.75 Å². The molecule has 0 radical (unpaired) electrons. The van der Waals surface area contributed by atoms with Gasteiger partial charge in [0, 0.05) is 11.1 Å². The Kier molecular flexibility index (Phi) is 5.45. The summed E-state index contributed by atoms with van der Waals surface area (Å²) in [7, 11) is 0. The topological polar surface area (TPSA) is 34.5 Å². The molecule has 1 aromatic heterocycles. The van der Waals surface area contributed by atoms with Crippen molar-refractivity contribution in [2.75, 3.05) is 11.5 Å². The van der Waals surface area contributed by atoms with Gasteiger partial charge in [-0.2, -0.15) is 13.2 Å². The minimum absolute atomic E-state index is 0.207. The van der Waals surface area contributed by atoms with E-state index in [9.17, 15) is 18.0 Å². The van der Waals surface area contributed by atoms with E-state index in [2.05, 4.69) is 0 Å². The van der Waals surface area contributed by atoms with Crippen molar-refractivity contribution in [3.8, 4) is 22.6 Å². The Labute approximate surface area is 193 Å². The zero-order valence-corrected chi connectivity index (χ0v) is 19.5. The number of aryl methyl sites for hydroxylation is 1. The van der Waals surface area contributed by atoms with Crippen LogP contribution in [0.4, 0.5) is 18.9 Å². The normalized spacial score (nSPS) is 14.7. The van der Waals surface area contributed by atoms with Crippen molar-refractivity contribution in [3.05, 3.63) is 57.5 Å². The summed E-state index contributed by atoms with van der Waals surface area (Å²) in [5.74, 6) is -1.18. The predicted octanol–water partition coefficient (Wildman–Crippen LogP) is 6.79. The second-order valence-electron chi connectivity index (χ2n) is 8.04. The quantitative estimate of drug-likeness (QED) is 0.389. The molecule has 0 saturated carbocycles. The standard InChI is InChI=1S/C23H21F3N2O2S2/c1-5-30-15-9-7-14(8-10-15)28-20(31)18-16-12-13(2)6-11-17(16)27(21(29)23(24,25)26)22(3,4)19(18)32-28/h6-12H,5H2,1-4H3. The second-order valence-corrected chi connectivity index (χ2v) is 9.38. The van der Waals surface area contributed by atoms with E-state index in [0.717, 1.165) is 16.2 Å². The lowest BCUT2D eigenvalue weighted by Gasteiger charge is -2.42. The van der Waals surface area contributed by atoms with Gasteiger partial charge in [0.15, 0.2) is 0 Å². The van der Waals surface area contributed by atoms with Gasteiger partial charge in [0.1, 0.15) is 10.4 Å². The maximum atomic E-state index is 13.6. The molecule has 0 bridgehead atoms. The maximum Gasteiger partial charge on any atom is 0.471 e. The van der Waals surface area contributed by atoms with E-state index in [4.69, 9.17) is 17.0 Å². The van der Waals surface area contributed by atoms with Crippen molar-refractivity contribution in [1.82, 2.24) is 3.96 Å². The highest BCUT2D eigenvalue weighted by atomic mass is 32.1. The Bertz CT molecular complexity index is 1260. The molecule has 2 aromatic carbocycles. The lowest BCUT2D eigenvalue weighted by molar-refractivity contribution is -0.171. The van der Waals surface area contributed by atoms with Crippen LogP contribution in [0, 0.1) is 11.6 Å². The molecule has 2 heterocycles. The van der Waals surface area contributed by atoms with Crippen molar-refractivity contribution < 1.29 is 22.7 Å². The largest absolute Gasteiger partial charge is 0.494 e. The van der Waals surface area contributed by atoms with Gasteiger partial charge >= 0.3 is 12.1 Å². The van der Waals surface area contributed by atoms with Crippen LogP contribution in [0.1, 0.15) is 31.2 Å². The zero-order chi connectivity index (χ0) is 23.4. The lowest BCUT2D eigenvalue weighted by Crippen LogP contribution is -2.52. The fraction of sp³-hybridized carbons (Fsp3) is 0.304. The van der Waals surface area contributed by atoms with Gasteiger partial charge in [-0.05, 0) is 64.1 Å². The molecule has 0 N–H and O–H groups in total. The van der Waals surface area contributed by atoms with Crippen molar-refractivity contribution in [2.45, 2.75) is 39.4 Å². The molecule has 0 unspecified atom stereocenters. The molecule has 0 spiro atoms. The van der Waals surface area contributed by atoms with E-state index in [0.29, 0.717) is 33.0 Å². The number of ether oxygens (including phenoxy) is 1. The third kappa shape index (κ3) is 3.53. The number of halogens is 3. The molecule has 0 fully saturated rings. The van der Waals surface area contributed by atoms with Gasteiger partial charge in [-0.3, -0.25) is 13.7 Å². The first-order chi connectivity index (χ1) is 15.0. The average molecular weight is 479 g/mol. The number of alkyl halides is 3. The van der Waals surface area contributed by atoms with E-state index < -0.39 is 17.6 Å². The molecular formula is C23H21F3N2O2S2. The third-order valence-electron chi connectivity index (χ3n) is 5.41. The van der Waals surface area contributed by atoms with Crippen molar-refractivity contribution >= 4 is 35.3 Å². The highest BCUT2D eigenvalue weighted by molar-refractivity contribution is 7.71. The first kappa shape index (κ1) is 22.5. The van der Waals surface area contributed by atoms with Gasteiger partial charge in [-0.25, -0.2) is 0 Å². The van der Waals surface area contributed by atoms with Crippen LogP contribution in [0.3, 0.4) is 0 Å². The van der Waals surface area contributed by atoms with E-state index in [1.54, 1.807) is 32.0 Å². The summed E-state index contributed by atoms with van der Waals surface area (Å²) >= 11 is 7.05. The number of carbonyl (C=O) groups excluding carboxylic acids is 1. The number of carbonyl (C=O) groups is 1. The van der Waals surface area contributed by atoms with Crippen LogP contribution in [0.25, 0.3) is 16.8 Å². The molecule has 0 atom stereocenters. The number of benzene rings is 2. The number of hydrogen-bond donors (Lipinski definition) is 0. The number of hydrogen-bond acceptors (Lipinski definition) is 4. The van der Waals surface area contributed by atoms with Crippen molar-refractivity contribution in [2.24, 2.45) is 0 Å². The number of anilines is 1. The fourth-order valence-electron chi connectivity index (χ4n) is 3.98. The number of amides is 1. The second kappa shape index (κ2) is 7.74. The van der Waals surface area contributed by atoms with E-state index in [1.807, 2.05) is 42.1 Å². The number of rotatable bonds is 3. The lowest BCUT2D eigenvalue weighted by atomic mass is 9.86. The van der Waals surface area contributed by atoms with Crippen molar-refractivity contribution in [1.29, 1.82) is 0 Å². The van der Waals surface area contributed by atoms with Crippen LogP contribution >= 0.6 is 23.8 Å². The van der Waals surface area contributed by atoms with Crippen LogP contribution in [0.15, 0.2) is 42.5 Å². The van der Waals surface area contributed by atoms with E-state index in [-0.39, 0.29) is 5.69 Å². The average Bonchev–Trinajstić information content (AvgIpc) is 3.07. The Morgan fingerprint density at radius 3 is 2.41 bits per heavy atom. The molecule has 4 rings (SSSR count). The molecule has 168 valence electrons. The molecule has 0 aliphatic carbocycles. The summed E-state index contributed by atoms with van der Waals surface area (Å²) in [6.07, 6.45) is -5.00. The molecule has 9 heteroatoms. The van der Waals surface area contributed by atoms with Gasteiger partial charge in [0.05, 0.1) is 28.4 Å². The first-order valence-corrected chi connectivity index (χ1v) is 11.2. The summed E-state index contributed by atoms with van der Waals surface area (Å²) in [6.45, 7) is 7.52. The number of fused-ring (bicyclic) bond motifs is 3. The summed E-state index contributed by atoms with van der Waals surface area (Å²) in [5, 5.41) is 0. The third-order valence-corrected chi connectivity index (χ3v) is 7.38. The molecule has 1 amide bonds. The van der Waals surface area contributed by atoms with Crippen LogP contribution < -0.4 is 9.64 Å². The maximum absolute atomic E-state index is 13.6.